The highest BCUT2D eigenvalue weighted by molar-refractivity contribution is 6.30. The van der Waals surface area contributed by atoms with Gasteiger partial charge in [0.25, 0.3) is 0 Å². The number of nitrogens with two attached hydrogens (primary N) is 1. The largest absolute Gasteiger partial charge is 0.481 e. The highest BCUT2D eigenvalue weighted by Crippen LogP contribution is 2.30. The van der Waals surface area contributed by atoms with E-state index >= 15 is 0 Å². The summed E-state index contributed by atoms with van der Waals surface area (Å²) in [6.07, 6.45) is 6.14. The SMILES string of the molecule is CCCCCCCC(C(=O)O)c1cc(Cl)ccc1N. The molecule has 0 saturated carbocycles. The third kappa shape index (κ3) is 5.11. The maximum absolute atomic E-state index is 11.4. The van der Waals surface area contributed by atoms with Crippen molar-refractivity contribution in [1.82, 2.24) is 0 Å². The van der Waals surface area contributed by atoms with Gasteiger partial charge in [0.1, 0.15) is 0 Å². The monoisotopic (exact) mass is 283 g/mol. The number of benzene rings is 1. The molecule has 1 aromatic carbocycles. The van der Waals surface area contributed by atoms with Gasteiger partial charge in [-0.1, -0.05) is 50.6 Å². The Labute approximate surface area is 119 Å². The third-order valence-corrected chi connectivity index (χ3v) is 3.55. The van der Waals surface area contributed by atoms with Gasteiger partial charge in [0.2, 0.25) is 0 Å². The second kappa shape index (κ2) is 8.05. The number of anilines is 1. The van der Waals surface area contributed by atoms with Crippen molar-refractivity contribution < 1.29 is 9.90 Å². The van der Waals surface area contributed by atoms with Crippen molar-refractivity contribution in [3.63, 3.8) is 0 Å². The summed E-state index contributed by atoms with van der Waals surface area (Å²) in [6, 6.07) is 5.02. The van der Waals surface area contributed by atoms with E-state index in [1.807, 2.05) is 0 Å². The van der Waals surface area contributed by atoms with Crippen LogP contribution in [-0.4, -0.2) is 11.1 Å². The van der Waals surface area contributed by atoms with Crippen LogP contribution >= 0.6 is 11.6 Å². The highest BCUT2D eigenvalue weighted by atomic mass is 35.5. The lowest BCUT2D eigenvalue weighted by atomic mass is 9.92. The molecule has 0 fully saturated rings. The molecule has 0 radical (unpaired) electrons. The van der Waals surface area contributed by atoms with E-state index in [4.69, 9.17) is 17.3 Å². The van der Waals surface area contributed by atoms with Crippen LogP contribution in [0.25, 0.3) is 0 Å². The third-order valence-electron chi connectivity index (χ3n) is 3.32. The standard InChI is InChI=1S/C15H22ClNO2/c1-2-3-4-5-6-7-12(15(18)19)13-10-11(16)8-9-14(13)17/h8-10,12H,2-7,17H2,1H3,(H,18,19). The van der Waals surface area contributed by atoms with Gasteiger partial charge in [-0.15, -0.1) is 0 Å². The van der Waals surface area contributed by atoms with Crippen LogP contribution in [0.1, 0.15) is 56.9 Å². The maximum Gasteiger partial charge on any atom is 0.311 e. The Balaban J connectivity index is 2.67. The molecule has 106 valence electrons. The van der Waals surface area contributed by atoms with Gasteiger partial charge in [0, 0.05) is 10.7 Å². The Morgan fingerprint density at radius 3 is 2.63 bits per heavy atom. The Morgan fingerprint density at radius 1 is 1.32 bits per heavy atom. The first-order chi connectivity index (χ1) is 9.06. The van der Waals surface area contributed by atoms with E-state index in [1.165, 1.54) is 12.8 Å². The van der Waals surface area contributed by atoms with Crippen molar-refractivity contribution in [3.8, 4) is 0 Å². The van der Waals surface area contributed by atoms with Gasteiger partial charge in [-0.3, -0.25) is 4.79 Å². The molecule has 0 aliphatic heterocycles. The minimum absolute atomic E-state index is 0.505. The lowest BCUT2D eigenvalue weighted by Gasteiger charge is -2.15. The summed E-state index contributed by atoms with van der Waals surface area (Å²) in [5, 5.41) is 9.88. The second-order valence-electron chi connectivity index (χ2n) is 4.87. The number of hydrogen-bond donors (Lipinski definition) is 2. The maximum atomic E-state index is 11.4. The summed E-state index contributed by atoms with van der Waals surface area (Å²) in [5.74, 6) is -1.38. The number of rotatable bonds is 8. The summed E-state index contributed by atoms with van der Waals surface area (Å²) < 4.78 is 0. The number of carboxylic acid groups (broad SMARTS) is 1. The summed E-state index contributed by atoms with van der Waals surface area (Å²) in [7, 11) is 0. The number of hydrogen-bond acceptors (Lipinski definition) is 2. The Kier molecular flexibility index (Phi) is 6.71. The molecule has 0 amide bonds. The topological polar surface area (TPSA) is 63.3 Å². The van der Waals surface area contributed by atoms with Gasteiger partial charge < -0.3 is 10.8 Å². The normalized spacial score (nSPS) is 12.3. The van der Waals surface area contributed by atoms with Crippen LogP contribution in [0.15, 0.2) is 18.2 Å². The molecule has 0 aliphatic rings. The Hall–Kier alpha value is -1.22. The van der Waals surface area contributed by atoms with Gasteiger partial charge in [-0.2, -0.15) is 0 Å². The molecule has 4 heteroatoms. The van der Waals surface area contributed by atoms with Gasteiger partial charge in [0.15, 0.2) is 0 Å². The fourth-order valence-electron chi connectivity index (χ4n) is 2.21. The van der Waals surface area contributed by atoms with Crippen LogP contribution in [0, 0.1) is 0 Å². The molecule has 0 spiro atoms. The van der Waals surface area contributed by atoms with E-state index in [0.29, 0.717) is 22.7 Å². The van der Waals surface area contributed by atoms with E-state index in [1.54, 1.807) is 18.2 Å². The van der Waals surface area contributed by atoms with Crippen molar-refractivity contribution in [2.75, 3.05) is 5.73 Å². The van der Waals surface area contributed by atoms with Crippen LogP contribution < -0.4 is 5.73 Å². The predicted octanol–water partition coefficient (Wildman–Crippen LogP) is 4.45. The van der Waals surface area contributed by atoms with Crippen LogP contribution in [0.2, 0.25) is 5.02 Å². The average molecular weight is 284 g/mol. The van der Waals surface area contributed by atoms with Crippen molar-refractivity contribution in [2.24, 2.45) is 0 Å². The second-order valence-corrected chi connectivity index (χ2v) is 5.30. The van der Waals surface area contributed by atoms with Gasteiger partial charge in [0.05, 0.1) is 5.92 Å². The molecular formula is C15H22ClNO2. The molecule has 3 nitrogen and oxygen atoms in total. The molecule has 1 unspecified atom stereocenters. The number of carbonyl (C=O) groups is 1. The van der Waals surface area contributed by atoms with Crippen LogP contribution in [-0.2, 0) is 4.79 Å². The minimum atomic E-state index is -0.829. The quantitative estimate of drug-likeness (QED) is 0.547. The van der Waals surface area contributed by atoms with Gasteiger partial charge >= 0.3 is 5.97 Å². The van der Waals surface area contributed by atoms with Crippen molar-refractivity contribution in [2.45, 2.75) is 51.4 Å². The zero-order valence-corrected chi connectivity index (χ0v) is 12.1. The lowest BCUT2D eigenvalue weighted by molar-refractivity contribution is -0.139. The molecule has 0 aromatic heterocycles. The van der Waals surface area contributed by atoms with Crippen LogP contribution in [0.3, 0.4) is 0 Å². The number of nitrogen functional groups attached to an aromatic ring is 1. The molecule has 1 rings (SSSR count). The molecule has 0 saturated heterocycles. The first-order valence-corrected chi connectivity index (χ1v) is 7.21. The van der Waals surface area contributed by atoms with Gasteiger partial charge in [-0.05, 0) is 30.2 Å². The van der Waals surface area contributed by atoms with Crippen LogP contribution in [0.4, 0.5) is 5.69 Å². The smallest absolute Gasteiger partial charge is 0.311 e. The fourth-order valence-corrected chi connectivity index (χ4v) is 2.39. The van der Waals surface area contributed by atoms with Crippen molar-refractivity contribution >= 4 is 23.3 Å². The predicted molar refractivity (Wildman–Crippen MR) is 79.6 cm³/mol. The first-order valence-electron chi connectivity index (χ1n) is 6.84. The molecule has 1 atom stereocenters. The molecular weight excluding hydrogens is 262 g/mol. The first kappa shape index (κ1) is 15.8. The number of unbranched alkanes of at least 4 members (excludes halogenated alkanes) is 4. The molecule has 3 N–H and O–H groups in total. The molecule has 0 aliphatic carbocycles. The Morgan fingerprint density at radius 2 is 2.00 bits per heavy atom. The lowest BCUT2D eigenvalue weighted by Crippen LogP contribution is -2.13. The van der Waals surface area contributed by atoms with Crippen LogP contribution in [0.5, 0.6) is 0 Å². The van der Waals surface area contributed by atoms with E-state index in [2.05, 4.69) is 6.92 Å². The fraction of sp³-hybridized carbons (Fsp3) is 0.533. The summed E-state index contributed by atoms with van der Waals surface area (Å²) >= 11 is 5.92. The minimum Gasteiger partial charge on any atom is -0.481 e. The number of carboxylic acids is 1. The zero-order valence-electron chi connectivity index (χ0n) is 11.4. The van der Waals surface area contributed by atoms with E-state index < -0.39 is 11.9 Å². The zero-order chi connectivity index (χ0) is 14.3. The average Bonchev–Trinajstić information content (AvgIpc) is 2.37. The number of halogens is 1. The van der Waals surface area contributed by atoms with Crippen molar-refractivity contribution in [1.29, 1.82) is 0 Å². The van der Waals surface area contributed by atoms with Crippen molar-refractivity contribution in [3.05, 3.63) is 28.8 Å². The van der Waals surface area contributed by atoms with Gasteiger partial charge in [-0.25, -0.2) is 0 Å². The van der Waals surface area contributed by atoms with E-state index in [0.717, 1.165) is 19.3 Å². The Bertz CT molecular complexity index is 421. The summed E-state index contributed by atoms with van der Waals surface area (Å²) in [4.78, 5) is 11.4. The highest BCUT2D eigenvalue weighted by Gasteiger charge is 2.21. The van der Waals surface area contributed by atoms with E-state index in [9.17, 15) is 9.90 Å². The molecule has 0 bridgehead atoms. The summed E-state index contributed by atoms with van der Waals surface area (Å²) in [6.45, 7) is 2.16. The van der Waals surface area contributed by atoms with E-state index in [-0.39, 0.29) is 0 Å². The molecule has 1 aromatic rings. The molecule has 0 heterocycles. The number of aliphatic carboxylic acids is 1. The summed E-state index contributed by atoms with van der Waals surface area (Å²) in [5.41, 5.74) is 7.00. The molecule has 19 heavy (non-hydrogen) atoms.